The number of piperazine rings is 1. The van der Waals surface area contributed by atoms with Crippen molar-refractivity contribution in [3.8, 4) is 0 Å². The molecule has 20 heavy (non-hydrogen) atoms. The molecule has 8 heteroatoms. The summed E-state index contributed by atoms with van der Waals surface area (Å²) < 4.78 is 38.2. The van der Waals surface area contributed by atoms with Gasteiger partial charge in [0.25, 0.3) is 5.91 Å². The van der Waals surface area contributed by atoms with Gasteiger partial charge in [-0.05, 0) is 6.07 Å². The van der Waals surface area contributed by atoms with Crippen LogP contribution in [0, 0.1) is 0 Å². The van der Waals surface area contributed by atoms with Gasteiger partial charge in [0.15, 0.2) is 5.82 Å². The highest BCUT2D eigenvalue weighted by Crippen LogP contribution is 2.38. The van der Waals surface area contributed by atoms with Crippen molar-refractivity contribution >= 4 is 17.4 Å². The summed E-state index contributed by atoms with van der Waals surface area (Å²) in [6, 6.07) is 0.587. The van der Waals surface area contributed by atoms with E-state index in [0.717, 1.165) is 12.3 Å². The van der Waals surface area contributed by atoms with Gasteiger partial charge in [-0.3, -0.25) is 4.79 Å². The maximum atomic E-state index is 12.7. The summed E-state index contributed by atoms with van der Waals surface area (Å²) in [5.74, 6) is 0.220. The van der Waals surface area contributed by atoms with Gasteiger partial charge in [0.1, 0.15) is 6.04 Å². The van der Waals surface area contributed by atoms with Crippen LogP contribution in [0.3, 0.4) is 0 Å². The Hall–Kier alpha value is -1.83. The predicted molar refractivity (Wildman–Crippen MR) is 66.7 cm³/mol. The second-order valence-corrected chi connectivity index (χ2v) is 4.88. The monoisotopic (exact) mass is 286 g/mol. The van der Waals surface area contributed by atoms with E-state index in [-0.39, 0.29) is 11.6 Å². The second-order valence-electron chi connectivity index (χ2n) is 4.88. The number of fused-ring (bicyclic) bond motifs is 3. The number of anilines is 2. The van der Waals surface area contributed by atoms with Crippen LogP contribution in [0.1, 0.15) is 5.56 Å². The smallest absolute Gasteiger partial charge is 0.340 e. The van der Waals surface area contributed by atoms with Gasteiger partial charge in [-0.2, -0.15) is 13.2 Å². The maximum absolute atomic E-state index is 12.7. The van der Waals surface area contributed by atoms with E-state index >= 15 is 0 Å². The van der Waals surface area contributed by atoms with E-state index in [1.807, 2.05) is 0 Å². The molecular weight excluding hydrogens is 273 g/mol. The molecule has 2 aliphatic rings. The molecule has 1 unspecified atom stereocenters. The average molecular weight is 286 g/mol. The van der Waals surface area contributed by atoms with Crippen molar-refractivity contribution in [3.63, 3.8) is 0 Å². The largest absolute Gasteiger partial charge is 0.417 e. The van der Waals surface area contributed by atoms with Gasteiger partial charge < -0.3 is 15.1 Å². The quantitative estimate of drug-likeness (QED) is 0.768. The first kappa shape index (κ1) is 13.2. The lowest BCUT2D eigenvalue weighted by Gasteiger charge is -2.43. The first-order chi connectivity index (χ1) is 9.39. The third-order valence-corrected chi connectivity index (χ3v) is 3.67. The number of nitrogens with one attached hydrogen (secondary N) is 1. The van der Waals surface area contributed by atoms with Crippen LogP contribution in [0.5, 0.6) is 0 Å². The van der Waals surface area contributed by atoms with Gasteiger partial charge in [-0.15, -0.1) is 0 Å². The Morgan fingerprint density at radius 2 is 2.20 bits per heavy atom. The third kappa shape index (κ3) is 1.91. The van der Waals surface area contributed by atoms with Gasteiger partial charge in [0.05, 0.1) is 11.3 Å². The van der Waals surface area contributed by atoms with Gasteiger partial charge in [0, 0.05) is 32.9 Å². The van der Waals surface area contributed by atoms with Crippen LogP contribution < -0.4 is 15.1 Å². The molecule has 1 aromatic rings. The molecule has 5 nitrogen and oxygen atoms in total. The highest BCUT2D eigenvalue weighted by atomic mass is 19.4. The Morgan fingerprint density at radius 1 is 1.45 bits per heavy atom. The highest BCUT2D eigenvalue weighted by molar-refractivity contribution is 6.04. The minimum Gasteiger partial charge on any atom is -0.340 e. The van der Waals surface area contributed by atoms with E-state index in [0.29, 0.717) is 25.5 Å². The minimum absolute atomic E-state index is 0.211. The van der Waals surface area contributed by atoms with E-state index in [1.165, 1.54) is 11.9 Å². The van der Waals surface area contributed by atoms with Crippen molar-refractivity contribution in [3.05, 3.63) is 17.8 Å². The van der Waals surface area contributed by atoms with E-state index in [1.54, 1.807) is 4.90 Å². The summed E-state index contributed by atoms with van der Waals surface area (Å²) in [7, 11) is 1.48. The van der Waals surface area contributed by atoms with E-state index < -0.39 is 17.8 Å². The first-order valence-corrected chi connectivity index (χ1v) is 6.22. The predicted octanol–water partition coefficient (Wildman–Crippen LogP) is 0.855. The molecule has 1 atom stereocenters. The van der Waals surface area contributed by atoms with Crippen molar-refractivity contribution in [1.82, 2.24) is 10.3 Å². The van der Waals surface area contributed by atoms with Crippen LogP contribution >= 0.6 is 0 Å². The zero-order chi connectivity index (χ0) is 14.5. The molecule has 3 heterocycles. The third-order valence-electron chi connectivity index (χ3n) is 3.67. The lowest BCUT2D eigenvalue weighted by atomic mass is 10.1. The molecule has 1 N–H and O–H groups in total. The fourth-order valence-electron chi connectivity index (χ4n) is 2.59. The number of carbonyl (C=O) groups excluding carboxylic acids is 1. The second kappa shape index (κ2) is 4.34. The first-order valence-electron chi connectivity index (χ1n) is 6.22. The SMILES string of the molecule is CN1C(=O)C2CNCCN2c2ncc(C(F)(F)F)cc21. The average Bonchev–Trinajstić information content (AvgIpc) is 2.43. The number of aromatic nitrogens is 1. The summed E-state index contributed by atoms with van der Waals surface area (Å²) in [5.41, 5.74) is -0.632. The number of carbonyl (C=O) groups is 1. The van der Waals surface area contributed by atoms with Crippen LogP contribution in [-0.2, 0) is 11.0 Å². The number of alkyl halides is 3. The van der Waals surface area contributed by atoms with Crippen molar-refractivity contribution in [2.75, 3.05) is 36.5 Å². The Bertz CT molecular complexity index is 560. The minimum atomic E-state index is -4.47. The number of nitrogens with zero attached hydrogens (tertiary/aromatic N) is 3. The Kier molecular flexibility index (Phi) is 2.86. The molecule has 0 spiro atoms. The standard InChI is InChI=1S/C12H13F3N4O/c1-18-8-4-7(12(13,14)15)5-17-10(8)19-3-2-16-6-9(19)11(18)20/h4-5,9,16H,2-3,6H2,1H3. The Morgan fingerprint density at radius 3 is 2.90 bits per heavy atom. The lowest BCUT2D eigenvalue weighted by molar-refractivity contribution is -0.137. The van der Waals surface area contributed by atoms with Gasteiger partial charge in [-0.25, -0.2) is 4.98 Å². The topological polar surface area (TPSA) is 48.5 Å². The number of amides is 1. The van der Waals surface area contributed by atoms with E-state index in [9.17, 15) is 18.0 Å². The van der Waals surface area contributed by atoms with Crippen LogP contribution in [0.4, 0.5) is 24.7 Å². The summed E-state index contributed by atoms with van der Waals surface area (Å²) in [4.78, 5) is 19.2. The van der Waals surface area contributed by atoms with E-state index in [2.05, 4.69) is 10.3 Å². The summed E-state index contributed by atoms with van der Waals surface area (Å²) >= 11 is 0. The lowest BCUT2D eigenvalue weighted by Crippen LogP contribution is -2.61. The molecule has 0 saturated carbocycles. The Balaban J connectivity index is 2.09. The molecule has 1 aromatic heterocycles. The molecule has 1 saturated heterocycles. The fourth-order valence-corrected chi connectivity index (χ4v) is 2.59. The van der Waals surface area contributed by atoms with Gasteiger partial charge in [-0.1, -0.05) is 0 Å². The maximum Gasteiger partial charge on any atom is 0.417 e. The molecule has 3 rings (SSSR count). The highest BCUT2D eigenvalue weighted by Gasteiger charge is 2.40. The molecule has 0 bridgehead atoms. The number of hydrogen-bond acceptors (Lipinski definition) is 4. The summed E-state index contributed by atoms with van der Waals surface area (Å²) in [6.07, 6.45) is -3.65. The van der Waals surface area contributed by atoms with Crippen molar-refractivity contribution in [1.29, 1.82) is 0 Å². The molecule has 0 aliphatic carbocycles. The molecule has 0 radical (unpaired) electrons. The van der Waals surface area contributed by atoms with Crippen LogP contribution in [-0.4, -0.2) is 43.6 Å². The molecule has 2 aliphatic heterocycles. The number of hydrogen-bond donors (Lipinski definition) is 1. The zero-order valence-corrected chi connectivity index (χ0v) is 10.7. The fraction of sp³-hybridized carbons (Fsp3) is 0.500. The van der Waals surface area contributed by atoms with Crippen molar-refractivity contribution in [2.24, 2.45) is 0 Å². The van der Waals surface area contributed by atoms with Gasteiger partial charge in [0.2, 0.25) is 0 Å². The number of rotatable bonds is 0. The summed E-state index contributed by atoms with van der Waals surface area (Å²) in [5, 5.41) is 3.10. The Labute approximate surface area is 113 Å². The van der Waals surface area contributed by atoms with Crippen LogP contribution in [0.25, 0.3) is 0 Å². The number of pyridine rings is 1. The molecule has 1 fully saturated rings. The van der Waals surface area contributed by atoms with Crippen molar-refractivity contribution in [2.45, 2.75) is 12.2 Å². The summed E-state index contributed by atoms with van der Waals surface area (Å²) in [6.45, 7) is 1.70. The number of halogens is 3. The molecule has 1 amide bonds. The molecule has 108 valence electrons. The van der Waals surface area contributed by atoms with Gasteiger partial charge >= 0.3 is 6.18 Å². The normalized spacial score (nSPS) is 22.6. The number of likely N-dealkylation sites (N-methyl/N-ethyl adjacent to an activating group) is 1. The van der Waals surface area contributed by atoms with Crippen LogP contribution in [0.15, 0.2) is 12.3 Å². The van der Waals surface area contributed by atoms with Crippen molar-refractivity contribution < 1.29 is 18.0 Å². The van der Waals surface area contributed by atoms with E-state index in [4.69, 9.17) is 0 Å². The molecule has 0 aromatic carbocycles. The van der Waals surface area contributed by atoms with Crippen LogP contribution in [0.2, 0.25) is 0 Å². The molecular formula is C12H13F3N4O. The zero-order valence-electron chi connectivity index (χ0n) is 10.7.